The lowest BCUT2D eigenvalue weighted by Gasteiger charge is -2.25. The van der Waals surface area contributed by atoms with Gasteiger partial charge >= 0.3 is 0 Å². The number of nitrogens with two attached hydrogens (primary N) is 1. The second-order valence-corrected chi connectivity index (χ2v) is 5.36. The number of likely N-dealkylation sites (N-methyl/N-ethyl adjacent to an activating group) is 1. The molecular weight excluding hydrogens is 252 g/mol. The number of rotatable bonds is 7. The maximum Gasteiger partial charge on any atom is 0.244 e. The van der Waals surface area contributed by atoms with E-state index < -0.39 is 0 Å². The number of carbonyl (C=O) groups is 1. The second-order valence-electron chi connectivity index (χ2n) is 5.36. The first kappa shape index (κ1) is 16.5. The molecule has 0 spiro atoms. The van der Waals surface area contributed by atoms with Crippen LogP contribution in [0.1, 0.15) is 45.0 Å². The maximum atomic E-state index is 12.4. The Kier molecular flexibility index (Phi) is 6.05. The minimum Gasteiger partial charge on any atom is -0.396 e. The average Bonchev–Trinajstić information content (AvgIpc) is 2.67. The van der Waals surface area contributed by atoms with Gasteiger partial charge in [0.2, 0.25) is 5.91 Å². The van der Waals surface area contributed by atoms with Crippen molar-refractivity contribution in [1.82, 2.24) is 14.7 Å². The lowest BCUT2D eigenvalue weighted by molar-refractivity contribution is -0.132. The minimum absolute atomic E-state index is 0.116. The van der Waals surface area contributed by atoms with Crippen LogP contribution in [0.5, 0.6) is 0 Å². The van der Waals surface area contributed by atoms with Crippen LogP contribution in [0.25, 0.3) is 0 Å². The Morgan fingerprint density at radius 1 is 1.30 bits per heavy atom. The quantitative estimate of drug-likeness (QED) is 0.834. The summed E-state index contributed by atoms with van der Waals surface area (Å²) in [5, 5.41) is 4.33. The molecule has 1 aromatic rings. The number of hydrogen-bond acceptors (Lipinski definition) is 3. The van der Waals surface area contributed by atoms with E-state index in [-0.39, 0.29) is 12.5 Å². The summed E-state index contributed by atoms with van der Waals surface area (Å²) in [5.41, 5.74) is 8.24. The van der Waals surface area contributed by atoms with Crippen LogP contribution in [0.2, 0.25) is 0 Å². The van der Waals surface area contributed by atoms with Crippen LogP contribution < -0.4 is 5.73 Å². The molecule has 0 saturated heterocycles. The van der Waals surface area contributed by atoms with Crippen molar-refractivity contribution < 1.29 is 4.79 Å². The normalized spacial score (nSPS) is 11.1. The Hall–Kier alpha value is -1.52. The zero-order valence-electron chi connectivity index (χ0n) is 13.4. The lowest BCUT2D eigenvalue weighted by atomic mass is 10.0. The van der Waals surface area contributed by atoms with Crippen LogP contribution in [0, 0.1) is 19.8 Å². The molecule has 0 fully saturated rings. The van der Waals surface area contributed by atoms with Gasteiger partial charge in [-0.15, -0.1) is 0 Å². The number of nitrogen functional groups attached to an aromatic ring is 1. The summed E-state index contributed by atoms with van der Waals surface area (Å²) in [6, 6.07) is 0. The highest BCUT2D eigenvalue weighted by Gasteiger charge is 2.18. The Morgan fingerprint density at radius 3 is 2.30 bits per heavy atom. The zero-order chi connectivity index (χ0) is 15.3. The first-order chi connectivity index (χ1) is 9.44. The van der Waals surface area contributed by atoms with Crippen molar-refractivity contribution in [2.45, 2.75) is 54.0 Å². The molecule has 20 heavy (non-hydrogen) atoms. The Balaban J connectivity index is 2.74. The van der Waals surface area contributed by atoms with E-state index in [0.717, 1.165) is 37.3 Å². The number of aromatic nitrogens is 2. The Labute approximate surface area is 122 Å². The van der Waals surface area contributed by atoms with Crippen molar-refractivity contribution in [3.63, 3.8) is 0 Å². The van der Waals surface area contributed by atoms with Gasteiger partial charge in [0.15, 0.2) is 0 Å². The van der Waals surface area contributed by atoms with Gasteiger partial charge in [0.25, 0.3) is 0 Å². The SMILES string of the molecule is CCC(CC)CN(CC)C(=O)Cn1nc(C)c(N)c1C. The third-order valence-corrected chi connectivity index (χ3v) is 4.09. The number of carbonyl (C=O) groups excluding carboxylic acids is 1. The number of nitrogens with zero attached hydrogens (tertiary/aromatic N) is 3. The van der Waals surface area contributed by atoms with Crippen molar-refractivity contribution in [3.8, 4) is 0 Å². The maximum absolute atomic E-state index is 12.4. The van der Waals surface area contributed by atoms with E-state index in [9.17, 15) is 4.79 Å². The predicted molar refractivity (Wildman–Crippen MR) is 82.4 cm³/mol. The monoisotopic (exact) mass is 280 g/mol. The molecule has 1 rings (SSSR count). The molecule has 0 radical (unpaired) electrons. The zero-order valence-corrected chi connectivity index (χ0v) is 13.4. The molecule has 114 valence electrons. The van der Waals surface area contributed by atoms with Crippen LogP contribution >= 0.6 is 0 Å². The molecule has 0 atom stereocenters. The van der Waals surface area contributed by atoms with E-state index in [1.807, 2.05) is 25.7 Å². The standard InChI is InChI=1S/C15H28N4O/c1-6-13(7-2)9-18(8-3)14(20)10-19-12(5)15(16)11(4)17-19/h13H,6-10,16H2,1-5H3. The van der Waals surface area contributed by atoms with Gasteiger partial charge in [-0.25, -0.2) is 0 Å². The summed E-state index contributed by atoms with van der Waals surface area (Å²) in [7, 11) is 0. The summed E-state index contributed by atoms with van der Waals surface area (Å²) in [4.78, 5) is 14.3. The first-order valence-electron chi connectivity index (χ1n) is 7.51. The van der Waals surface area contributed by atoms with Gasteiger partial charge in [-0.05, 0) is 26.7 Å². The molecule has 1 aromatic heterocycles. The highest BCUT2D eigenvalue weighted by Crippen LogP contribution is 2.15. The van der Waals surface area contributed by atoms with Crippen molar-refractivity contribution in [3.05, 3.63) is 11.4 Å². The number of aryl methyl sites for hydroxylation is 1. The Morgan fingerprint density at radius 2 is 1.90 bits per heavy atom. The summed E-state index contributed by atoms with van der Waals surface area (Å²) in [6.07, 6.45) is 2.21. The second kappa shape index (κ2) is 7.31. The van der Waals surface area contributed by atoms with Gasteiger partial charge in [0.05, 0.1) is 17.1 Å². The molecule has 5 heteroatoms. The van der Waals surface area contributed by atoms with Gasteiger partial charge in [-0.3, -0.25) is 9.48 Å². The lowest BCUT2D eigenvalue weighted by Crippen LogP contribution is -2.37. The van der Waals surface area contributed by atoms with E-state index in [1.165, 1.54) is 0 Å². The van der Waals surface area contributed by atoms with E-state index in [2.05, 4.69) is 18.9 Å². The van der Waals surface area contributed by atoms with E-state index in [4.69, 9.17) is 5.73 Å². The smallest absolute Gasteiger partial charge is 0.244 e. The number of hydrogen-bond donors (Lipinski definition) is 1. The van der Waals surface area contributed by atoms with Gasteiger partial charge in [0.1, 0.15) is 6.54 Å². The van der Waals surface area contributed by atoms with Crippen LogP contribution in [0.3, 0.4) is 0 Å². The van der Waals surface area contributed by atoms with E-state index in [0.29, 0.717) is 11.6 Å². The van der Waals surface area contributed by atoms with Crippen LogP contribution in [0.15, 0.2) is 0 Å². The third kappa shape index (κ3) is 3.74. The van der Waals surface area contributed by atoms with Crippen molar-refractivity contribution in [1.29, 1.82) is 0 Å². The molecule has 5 nitrogen and oxygen atoms in total. The van der Waals surface area contributed by atoms with Crippen molar-refractivity contribution >= 4 is 11.6 Å². The fourth-order valence-electron chi connectivity index (χ4n) is 2.36. The van der Waals surface area contributed by atoms with Gasteiger partial charge in [0, 0.05) is 13.1 Å². The fraction of sp³-hybridized carbons (Fsp3) is 0.733. The largest absolute Gasteiger partial charge is 0.396 e. The highest BCUT2D eigenvalue weighted by atomic mass is 16.2. The predicted octanol–water partition coefficient (Wildman–Crippen LogP) is 2.37. The van der Waals surface area contributed by atoms with Crippen LogP contribution in [0.4, 0.5) is 5.69 Å². The summed E-state index contributed by atoms with van der Waals surface area (Å²) in [5.74, 6) is 0.689. The van der Waals surface area contributed by atoms with Gasteiger partial charge in [-0.2, -0.15) is 5.10 Å². The topological polar surface area (TPSA) is 64.2 Å². The average molecular weight is 280 g/mol. The Bertz CT molecular complexity index is 449. The van der Waals surface area contributed by atoms with Gasteiger partial charge in [-0.1, -0.05) is 26.7 Å². The highest BCUT2D eigenvalue weighted by molar-refractivity contribution is 5.76. The van der Waals surface area contributed by atoms with Crippen LogP contribution in [-0.2, 0) is 11.3 Å². The molecule has 0 bridgehead atoms. The fourth-order valence-corrected chi connectivity index (χ4v) is 2.36. The molecule has 1 heterocycles. The molecule has 2 N–H and O–H groups in total. The molecule has 0 unspecified atom stereocenters. The van der Waals surface area contributed by atoms with Crippen LogP contribution in [-0.4, -0.2) is 33.7 Å². The summed E-state index contributed by atoms with van der Waals surface area (Å²) >= 11 is 0. The number of amides is 1. The van der Waals surface area contributed by atoms with Gasteiger partial charge < -0.3 is 10.6 Å². The van der Waals surface area contributed by atoms with E-state index in [1.54, 1.807) is 4.68 Å². The molecule has 0 saturated carbocycles. The summed E-state index contributed by atoms with van der Waals surface area (Å²) < 4.78 is 1.71. The first-order valence-corrected chi connectivity index (χ1v) is 7.51. The molecule has 0 aliphatic heterocycles. The minimum atomic E-state index is 0.116. The number of anilines is 1. The van der Waals surface area contributed by atoms with E-state index >= 15 is 0 Å². The third-order valence-electron chi connectivity index (χ3n) is 4.09. The van der Waals surface area contributed by atoms with Crippen molar-refractivity contribution in [2.75, 3.05) is 18.8 Å². The molecule has 0 aliphatic rings. The molecule has 0 aliphatic carbocycles. The molecule has 0 aromatic carbocycles. The molecular formula is C15H28N4O. The van der Waals surface area contributed by atoms with Crippen molar-refractivity contribution in [2.24, 2.45) is 5.92 Å². The molecule has 1 amide bonds. The summed E-state index contributed by atoms with van der Waals surface area (Å²) in [6.45, 7) is 12.0.